The Kier molecular flexibility index (Phi) is 9.08. The van der Waals surface area contributed by atoms with Gasteiger partial charge < -0.3 is 20.5 Å². The van der Waals surface area contributed by atoms with Crippen LogP contribution in [0.2, 0.25) is 0 Å². The van der Waals surface area contributed by atoms with Crippen molar-refractivity contribution < 1.29 is 4.39 Å². The van der Waals surface area contributed by atoms with Crippen molar-refractivity contribution in [3.63, 3.8) is 0 Å². The van der Waals surface area contributed by atoms with Crippen LogP contribution in [0.3, 0.4) is 0 Å². The number of hydrogen-bond acceptors (Lipinski definition) is 6. The van der Waals surface area contributed by atoms with Crippen molar-refractivity contribution in [1.29, 1.82) is 0 Å². The van der Waals surface area contributed by atoms with Crippen molar-refractivity contribution in [2.75, 3.05) is 32.5 Å². The number of allylic oxidation sites excluding steroid dienone is 4. The predicted octanol–water partition coefficient (Wildman–Crippen LogP) is 8.01. The van der Waals surface area contributed by atoms with Gasteiger partial charge in [0.15, 0.2) is 0 Å². The number of fused-ring (bicyclic) bond motifs is 2. The number of nitrogens with zero attached hydrogens (tertiary/aromatic N) is 4. The lowest BCUT2D eigenvalue weighted by Crippen LogP contribution is -2.20. The number of rotatable bonds is 12. The zero-order chi connectivity index (χ0) is 32.9. The molecule has 236 valence electrons. The van der Waals surface area contributed by atoms with Crippen molar-refractivity contribution in [3.8, 4) is 22.5 Å². The lowest BCUT2D eigenvalue weighted by Gasteiger charge is -2.13. The summed E-state index contributed by atoms with van der Waals surface area (Å²) >= 11 is 0. The zero-order valence-corrected chi connectivity index (χ0v) is 26.7. The van der Waals surface area contributed by atoms with E-state index < -0.39 is 0 Å². The van der Waals surface area contributed by atoms with Gasteiger partial charge in [-0.05, 0) is 97.9 Å². The SMILES string of the molecule is C=C/C(=C\C(=C/C)c1ccc2[nH]nc(-c3cc4c(-c5cc(F)cc(NCCN(C)C)c5)ccnc4[nH]3)c2n1)NC(=C)c1ccccc1. The number of H-pyrrole nitrogens is 2. The number of halogens is 1. The minimum Gasteiger partial charge on any atom is -0.384 e. The zero-order valence-electron chi connectivity index (χ0n) is 26.7. The molecule has 4 aromatic heterocycles. The van der Waals surface area contributed by atoms with E-state index in [4.69, 9.17) is 4.98 Å². The van der Waals surface area contributed by atoms with Crippen LogP contribution in [0.4, 0.5) is 10.1 Å². The van der Waals surface area contributed by atoms with Gasteiger partial charge in [0.1, 0.15) is 22.7 Å². The molecular formula is C38H37FN8. The van der Waals surface area contributed by atoms with E-state index in [1.807, 2.05) is 93.8 Å². The molecule has 0 spiro atoms. The lowest BCUT2D eigenvalue weighted by molar-refractivity contribution is 0.425. The molecule has 6 aromatic rings. The van der Waals surface area contributed by atoms with E-state index >= 15 is 0 Å². The topological polar surface area (TPSA) is 97.5 Å². The van der Waals surface area contributed by atoms with E-state index in [9.17, 15) is 4.39 Å². The molecule has 0 atom stereocenters. The molecule has 0 radical (unpaired) electrons. The Bertz CT molecular complexity index is 2140. The Morgan fingerprint density at radius 3 is 2.64 bits per heavy atom. The van der Waals surface area contributed by atoms with E-state index in [-0.39, 0.29) is 5.82 Å². The third kappa shape index (κ3) is 6.90. The fourth-order valence-electron chi connectivity index (χ4n) is 5.43. The average molecular weight is 625 g/mol. The summed E-state index contributed by atoms with van der Waals surface area (Å²) in [6, 6.07) is 22.8. The van der Waals surface area contributed by atoms with Crippen molar-refractivity contribution in [1.82, 2.24) is 35.4 Å². The summed E-state index contributed by atoms with van der Waals surface area (Å²) in [6.07, 6.45) is 7.49. The Hall–Kier alpha value is -5.80. The van der Waals surface area contributed by atoms with Gasteiger partial charge in [0.25, 0.3) is 0 Å². The molecule has 0 aliphatic rings. The first-order chi connectivity index (χ1) is 22.8. The number of pyridine rings is 2. The number of anilines is 1. The maximum Gasteiger partial charge on any atom is 0.138 e. The number of benzene rings is 2. The standard InChI is InChI=1S/C38H37FN8/c1-6-25(20-29(7-2)42-24(3)26-11-9-8-10-12-26)33-13-14-34-36(43-33)37(46-45-34)35-23-32-31(15-16-41-38(32)44-35)27-19-28(39)22-30(21-27)40-17-18-47(4)5/h6-16,19-23,40,42H,2-3,17-18H2,1,4-5H3,(H,41,44)(H,45,46)/b25-6+,29-20+. The molecule has 0 bridgehead atoms. The lowest BCUT2D eigenvalue weighted by atomic mass is 10.0. The second-order valence-corrected chi connectivity index (χ2v) is 11.4. The van der Waals surface area contributed by atoms with Gasteiger partial charge in [0.2, 0.25) is 0 Å². The van der Waals surface area contributed by atoms with Crippen LogP contribution in [0.1, 0.15) is 18.2 Å². The highest BCUT2D eigenvalue weighted by atomic mass is 19.1. The molecule has 6 rings (SSSR count). The second-order valence-electron chi connectivity index (χ2n) is 11.4. The summed E-state index contributed by atoms with van der Waals surface area (Å²) in [7, 11) is 4.01. The Morgan fingerprint density at radius 2 is 1.87 bits per heavy atom. The maximum absolute atomic E-state index is 14.8. The molecule has 0 fully saturated rings. The van der Waals surface area contributed by atoms with Crippen molar-refractivity contribution in [2.24, 2.45) is 0 Å². The summed E-state index contributed by atoms with van der Waals surface area (Å²) in [5.41, 5.74) is 10.2. The maximum atomic E-state index is 14.8. The second kappa shape index (κ2) is 13.7. The Labute approximate surface area is 273 Å². The highest BCUT2D eigenvalue weighted by molar-refractivity contribution is 5.99. The van der Waals surface area contributed by atoms with Crippen LogP contribution in [-0.2, 0) is 0 Å². The average Bonchev–Trinajstić information content (AvgIpc) is 3.70. The minimum absolute atomic E-state index is 0.307. The van der Waals surface area contributed by atoms with Crippen LogP contribution in [0, 0.1) is 5.82 Å². The summed E-state index contributed by atoms with van der Waals surface area (Å²) in [5.74, 6) is -0.307. The summed E-state index contributed by atoms with van der Waals surface area (Å²) in [5, 5.41) is 15.3. The fourth-order valence-corrected chi connectivity index (χ4v) is 5.43. The summed E-state index contributed by atoms with van der Waals surface area (Å²) in [6.45, 7) is 11.7. The van der Waals surface area contributed by atoms with Crippen molar-refractivity contribution in [3.05, 3.63) is 133 Å². The molecular weight excluding hydrogens is 587 g/mol. The van der Waals surface area contributed by atoms with Gasteiger partial charge >= 0.3 is 0 Å². The minimum atomic E-state index is -0.307. The highest BCUT2D eigenvalue weighted by Gasteiger charge is 2.17. The molecule has 0 saturated heterocycles. The van der Waals surface area contributed by atoms with Crippen LogP contribution < -0.4 is 10.6 Å². The summed E-state index contributed by atoms with van der Waals surface area (Å²) in [4.78, 5) is 15.1. The van der Waals surface area contributed by atoms with Gasteiger partial charge in [-0.25, -0.2) is 14.4 Å². The number of hydrogen-bond donors (Lipinski definition) is 4. The molecule has 0 amide bonds. The van der Waals surface area contributed by atoms with Gasteiger partial charge in [0, 0.05) is 41.8 Å². The number of likely N-dealkylation sites (N-methyl/N-ethyl adjacent to an activating group) is 1. The molecule has 4 heterocycles. The number of nitrogens with one attached hydrogen (secondary N) is 4. The van der Waals surface area contributed by atoms with Gasteiger partial charge in [-0.1, -0.05) is 49.6 Å². The number of aromatic nitrogens is 5. The molecule has 4 N–H and O–H groups in total. The first kappa shape index (κ1) is 31.2. The molecule has 9 heteroatoms. The highest BCUT2D eigenvalue weighted by Crippen LogP contribution is 2.34. The normalized spacial score (nSPS) is 12.2. The molecule has 8 nitrogen and oxygen atoms in total. The molecule has 2 aromatic carbocycles. The van der Waals surface area contributed by atoms with Gasteiger partial charge in [-0.3, -0.25) is 5.10 Å². The van der Waals surface area contributed by atoms with E-state index in [2.05, 4.69) is 48.9 Å². The quantitative estimate of drug-likeness (QED) is 0.103. The predicted molar refractivity (Wildman–Crippen MR) is 192 cm³/mol. The van der Waals surface area contributed by atoms with Crippen molar-refractivity contribution in [2.45, 2.75) is 6.92 Å². The van der Waals surface area contributed by atoms with Crippen LogP contribution in [0.5, 0.6) is 0 Å². The molecule has 47 heavy (non-hydrogen) atoms. The van der Waals surface area contributed by atoms with Gasteiger partial charge in [-0.15, -0.1) is 0 Å². The van der Waals surface area contributed by atoms with Crippen LogP contribution in [0.25, 0.3) is 55.9 Å². The smallest absolute Gasteiger partial charge is 0.138 e. The van der Waals surface area contributed by atoms with Crippen molar-refractivity contribution >= 4 is 39.0 Å². The molecule has 0 aliphatic carbocycles. The third-order valence-electron chi connectivity index (χ3n) is 7.85. The Balaban J connectivity index is 1.33. The van der Waals surface area contributed by atoms with Gasteiger partial charge in [0.05, 0.1) is 16.9 Å². The van der Waals surface area contributed by atoms with Crippen LogP contribution in [0.15, 0.2) is 116 Å². The number of aromatic amines is 2. The van der Waals surface area contributed by atoms with E-state index in [0.29, 0.717) is 23.4 Å². The molecule has 0 aliphatic heterocycles. The first-order valence-corrected chi connectivity index (χ1v) is 15.4. The summed E-state index contributed by atoms with van der Waals surface area (Å²) < 4.78 is 14.8. The first-order valence-electron chi connectivity index (χ1n) is 15.4. The van der Waals surface area contributed by atoms with E-state index in [1.54, 1.807) is 18.3 Å². The monoisotopic (exact) mass is 624 g/mol. The largest absolute Gasteiger partial charge is 0.384 e. The molecule has 0 saturated carbocycles. The van der Waals surface area contributed by atoms with E-state index in [0.717, 1.165) is 68.2 Å². The van der Waals surface area contributed by atoms with Crippen LogP contribution in [-0.4, -0.2) is 57.2 Å². The molecule has 0 unspecified atom stereocenters. The van der Waals surface area contributed by atoms with Gasteiger partial charge in [-0.2, -0.15) is 5.10 Å². The van der Waals surface area contributed by atoms with Crippen LogP contribution >= 0.6 is 0 Å². The van der Waals surface area contributed by atoms with E-state index in [1.165, 1.54) is 6.07 Å². The Morgan fingerprint density at radius 1 is 1.04 bits per heavy atom. The fraction of sp³-hybridized carbons (Fsp3) is 0.132. The third-order valence-corrected chi connectivity index (χ3v) is 7.85.